The molecule has 2 amide bonds. The van der Waals surface area contributed by atoms with Crippen LogP contribution < -0.4 is 15.5 Å². The molecule has 8 heteroatoms. The largest absolute Gasteiger partial charge is 0.352 e. The molecule has 0 saturated heterocycles. The number of carbonyl (C=O) groups is 2. The van der Waals surface area contributed by atoms with Crippen molar-refractivity contribution < 1.29 is 9.59 Å². The van der Waals surface area contributed by atoms with Crippen molar-refractivity contribution in [2.45, 2.75) is 45.2 Å². The van der Waals surface area contributed by atoms with Crippen molar-refractivity contribution >= 4 is 29.4 Å². The SMILES string of the molecule is CCN(CC)c1ncc(Cl)c(C(=O)NC(Cc2ccccc2)C(=O)NC2CC2)n1. The van der Waals surface area contributed by atoms with Crippen LogP contribution in [0.3, 0.4) is 0 Å². The quantitative estimate of drug-likeness (QED) is 0.657. The Hall–Kier alpha value is -2.67. The molecule has 1 saturated carbocycles. The molecular weight excluding hydrogens is 390 g/mol. The van der Waals surface area contributed by atoms with Crippen molar-refractivity contribution in [1.82, 2.24) is 20.6 Å². The first-order chi connectivity index (χ1) is 14.0. The summed E-state index contributed by atoms with van der Waals surface area (Å²) < 4.78 is 0. The number of hydrogen-bond donors (Lipinski definition) is 2. The number of nitrogens with zero attached hydrogens (tertiary/aromatic N) is 3. The Bertz CT molecular complexity index is 853. The van der Waals surface area contributed by atoms with E-state index in [-0.39, 0.29) is 22.7 Å². The average molecular weight is 416 g/mol. The van der Waals surface area contributed by atoms with Crippen LogP contribution in [0.4, 0.5) is 5.95 Å². The standard InChI is InChI=1S/C21H26ClN5O2/c1-3-27(4-2)21-23-13-16(22)18(26-21)20(29)25-17(19(28)24-15-10-11-15)12-14-8-6-5-7-9-14/h5-9,13,15,17H,3-4,10-12H2,1-2H3,(H,24,28)(H,25,29). The molecule has 0 aliphatic heterocycles. The second-order valence-electron chi connectivity index (χ2n) is 7.04. The van der Waals surface area contributed by atoms with Gasteiger partial charge in [0.2, 0.25) is 11.9 Å². The Labute approximate surface area is 175 Å². The molecule has 1 aliphatic carbocycles. The van der Waals surface area contributed by atoms with E-state index in [1.54, 1.807) is 0 Å². The highest BCUT2D eigenvalue weighted by Gasteiger charge is 2.29. The summed E-state index contributed by atoms with van der Waals surface area (Å²) in [5.74, 6) is -0.247. The van der Waals surface area contributed by atoms with Gasteiger partial charge >= 0.3 is 0 Å². The van der Waals surface area contributed by atoms with Gasteiger partial charge in [0.1, 0.15) is 6.04 Å². The lowest BCUT2D eigenvalue weighted by atomic mass is 10.0. The molecule has 7 nitrogen and oxygen atoms in total. The minimum Gasteiger partial charge on any atom is -0.352 e. The van der Waals surface area contributed by atoms with Crippen molar-refractivity contribution in [2.75, 3.05) is 18.0 Å². The van der Waals surface area contributed by atoms with Gasteiger partial charge in [-0.1, -0.05) is 41.9 Å². The first-order valence-corrected chi connectivity index (χ1v) is 10.3. The van der Waals surface area contributed by atoms with Crippen LogP contribution in [0.1, 0.15) is 42.7 Å². The third-order valence-electron chi connectivity index (χ3n) is 4.82. The molecule has 1 aliphatic rings. The number of benzene rings is 1. The Morgan fingerprint density at radius 1 is 1.21 bits per heavy atom. The van der Waals surface area contributed by atoms with E-state index in [4.69, 9.17) is 11.6 Å². The maximum Gasteiger partial charge on any atom is 0.272 e. The van der Waals surface area contributed by atoms with E-state index < -0.39 is 11.9 Å². The monoisotopic (exact) mass is 415 g/mol. The number of anilines is 1. The zero-order valence-electron chi connectivity index (χ0n) is 16.7. The van der Waals surface area contributed by atoms with Crippen molar-refractivity contribution in [3.05, 3.63) is 52.8 Å². The van der Waals surface area contributed by atoms with Crippen LogP contribution in [-0.2, 0) is 11.2 Å². The summed E-state index contributed by atoms with van der Waals surface area (Å²) in [6, 6.07) is 9.08. The van der Waals surface area contributed by atoms with Crippen molar-refractivity contribution in [3.8, 4) is 0 Å². The van der Waals surface area contributed by atoms with Gasteiger partial charge in [-0.3, -0.25) is 9.59 Å². The third-order valence-corrected chi connectivity index (χ3v) is 5.10. The van der Waals surface area contributed by atoms with Gasteiger partial charge < -0.3 is 15.5 Å². The summed E-state index contributed by atoms with van der Waals surface area (Å²) >= 11 is 6.19. The fraction of sp³-hybridized carbons (Fsp3) is 0.429. The molecular formula is C21H26ClN5O2. The predicted octanol–water partition coefficient (Wildman–Crippen LogP) is 2.60. The molecule has 154 valence electrons. The number of aromatic nitrogens is 2. The van der Waals surface area contributed by atoms with Gasteiger partial charge in [-0.25, -0.2) is 9.97 Å². The summed E-state index contributed by atoms with van der Waals surface area (Å²) in [6.45, 7) is 5.39. The molecule has 0 spiro atoms. The molecule has 1 aromatic carbocycles. The van der Waals surface area contributed by atoms with Gasteiger partial charge in [-0.2, -0.15) is 0 Å². The molecule has 1 unspecified atom stereocenters. The maximum absolute atomic E-state index is 12.9. The van der Waals surface area contributed by atoms with E-state index in [1.165, 1.54) is 6.20 Å². The molecule has 0 radical (unpaired) electrons. The topological polar surface area (TPSA) is 87.2 Å². The van der Waals surface area contributed by atoms with E-state index in [0.717, 1.165) is 18.4 Å². The molecule has 1 fully saturated rings. The number of hydrogen-bond acceptors (Lipinski definition) is 5. The van der Waals surface area contributed by atoms with Gasteiger partial charge in [0.15, 0.2) is 5.69 Å². The van der Waals surface area contributed by atoms with Crippen molar-refractivity contribution in [1.29, 1.82) is 0 Å². The van der Waals surface area contributed by atoms with Crippen molar-refractivity contribution in [2.24, 2.45) is 0 Å². The lowest BCUT2D eigenvalue weighted by Crippen LogP contribution is -2.48. The van der Waals surface area contributed by atoms with Crippen LogP contribution in [0, 0.1) is 0 Å². The summed E-state index contributed by atoms with van der Waals surface area (Å²) in [5.41, 5.74) is 1.03. The van der Waals surface area contributed by atoms with E-state index in [0.29, 0.717) is 25.5 Å². The molecule has 29 heavy (non-hydrogen) atoms. The van der Waals surface area contributed by atoms with Crippen LogP contribution in [0.2, 0.25) is 5.02 Å². The smallest absolute Gasteiger partial charge is 0.272 e. The highest BCUT2D eigenvalue weighted by Crippen LogP contribution is 2.20. The molecule has 2 aromatic rings. The number of amides is 2. The fourth-order valence-corrected chi connectivity index (χ4v) is 3.17. The number of halogens is 1. The summed E-state index contributed by atoms with van der Waals surface area (Å²) in [6.07, 6.45) is 3.76. The van der Waals surface area contributed by atoms with Gasteiger partial charge in [-0.05, 0) is 32.3 Å². The normalized spacial score (nSPS) is 14.2. The summed E-state index contributed by atoms with van der Waals surface area (Å²) in [5, 5.41) is 5.93. The first-order valence-electron chi connectivity index (χ1n) is 9.94. The molecule has 0 bridgehead atoms. The number of carbonyl (C=O) groups excluding carboxylic acids is 2. The zero-order chi connectivity index (χ0) is 20.8. The zero-order valence-corrected chi connectivity index (χ0v) is 17.4. The fourth-order valence-electron chi connectivity index (χ4n) is 2.99. The first kappa shape index (κ1) is 21.0. The predicted molar refractivity (Wildman–Crippen MR) is 113 cm³/mol. The molecule has 1 heterocycles. The van der Waals surface area contributed by atoms with E-state index >= 15 is 0 Å². The Kier molecular flexibility index (Phi) is 7.04. The minimum absolute atomic E-state index is 0.0702. The molecule has 3 rings (SSSR count). The Morgan fingerprint density at radius 3 is 2.52 bits per heavy atom. The lowest BCUT2D eigenvalue weighted by molar-refractivity contribution is -0.123. The average Bonchev–Trinajstić information content (AvgIpc) is 3.54. The van der Waals surface area contributed by atoms with Gasteiger partial charge in [0.05, 0.1) is 11.2 Å². The van der Waals surface area contributed by atoms with Crippen LogP contribution in [-0.4, -0.2) is 47.0 Å². The van der Waals surface area contributed by atoms with E-state index in [1.807, 2.05) is 49.1 Å². The highest BCUT2D eigenvalue weighted by atomic mass is 35.5. The van der Waals surface area contributed by atoms with E-state index in [9.17, 15) is 9.59 Å². The summed E-state index contributed by atoms with van der Waals surface area (Å²) in [4.78, 5) is 36.1. The van der Waals surface area contributed by atoms with Gasteiger partial charge in [-0.15, -0.1) is 0 Å². The molecule has 1 atom stereocenters. The van der Waals surface area contributed by atoms with Crippen molar-refractivity contribution in [3.63, 3.8) is 0 Å². The van der Waals surface area contributed by atoms with Crippen LogP contribution >= 0.6 is 11.6 Å². The van der Waals surface area contributed by atoms with Crippen LogP contribution in [0.15, 0.2) is 36.5 Å². The summed E-state index contributed by atoms with van der Waals surface area (Å²) in [7, 11) is 0. The molecule has 1 aromatic heterocycles. The van der Waals surface area contributed by atoms with Crippen LogP contribution in [0.5, 0.6) is 0 Å². The Balaban J connectivity index is 1.79. The Morgan fingerprint density at radius 2 is 1.90 bits per heavy atom. The van der Waals surface area contributed by atoms with E-state index in [2.05, 4.69) is 20.6 Å². The maximum atomic E-state index is 12.9. The van der Waals surface area contributed by atoms with Crippen LogP contribution in [0.25, 0.3) is 0 Å². The second kappa shape index (κ2) is 9.69. The van der Waals surface area contributed by atoms with Gasteiger partial charge in [0, 0.05) is 25.6 Å². The number of rotatable bonds is 9. The highest BCUT2D eigenvalue weighted by molar-refractivity contribution is 6.33. The molecule has 2 N–H and O–H groups in total. The second-order valence-corrected chi connectivity index (χ2v) is 7.44. The lowest BCUT2D eigenvalue weighted by Gasteiger charge is -2.21. The number of nitrogens with one attached hydrogen (secondary N) is 2. The minimum atomic E-state index is -0.714. The van der Waals surface area contributed by atoms with Gasteiger partial charge in [0.25, 0.3) is 5.91 Å². The third kappa shape index (κ3) is 5.67.